The monoisotopic (exact) mass is 291 g/mol. The first-order valence-electron chi connectivity index (χ1n) is 7.60. The zero-order valence-corrected chi connectivity index (χ0v) is 13.1. The first-order valence-corrected chi connectivity index (χ1v) is 7.60. The van der Waals surface area contributed by atoms with Gasteiger partial charge in [0.1, 0.15) is 0 Å². The summed E-state index contributed by atoms with van der Waals surface area (Å²) in [6.07, 6.45) is 3.17. The molecule has 1 aliphatic rings. The Bertz CT molecular complexity index is 519. The second-order valence-corrected chi connectivity index (χ2v) is 6.99. The van der Waals surface area contributed by atoms with E-state index in [4.69, 9.17) is 0 Å². The molecular formula is C17H25NO3. The molecule has 0 spiro atoms. The van der Waals surface area contributed by atoms with Crippen LogP contribution in [0.4, 0.5) is 0 Å². The van der Waals surface area contributed by atoms with Crippen LogP contribution in [0.5, 0.6) is 11.5 Å². The van der Waals surface area contributed by atoms with Crippen molar-refractivity contribution in [2.45, 2.75) is 40.0 Å². The van der Waals surface area contributed by atoms with E-state index in [2.05, 4.69) is 20.8 Å². The molecule has 1 fully saturated rings. The van der Waals surface area contributed by atoms with Gasteiger partial charge in [-0.15, -0.1) is 0 Å². The molecule has 0 saturated carbocycles. The van der Waals surface area contributed by atoms with Crippen LogP contribution in [0.25, 0.3) is 0 Å². The number of hydrogen-bond donors (Lipinski definition) is 2. The molecule has 2 rings (SSSR count). The van der Waals surface area contributed by atoms with Crippen LogP contribution >= 0.6 is 0 Å². The van der Waals surface area contributed by atoms with E-state index < -0.39 is 0 Å². The first-order chi connectivity index (χ1) is 9.79. The van der Waals surface area contributed by atoms with Gasteiger partial charge >= 0.3 is 0 Å². The summed E-state index contributed by atoms with van der Waals surface area (Å²) >= 11 is 0. The number of likely N-dealkylation sites (tertiary alicyclic amines) is 1. The van der Waals surface area contributed by atoms with E-state index in [1.807, 2.05) is 4.90 Å². The number of aromatic hydroxyl groups is 2. The van der Waals surface area contributed by atoms with Crippen LogP contribution in [0.1, 0.15) is 50.4 Å². The summed E-state index contributed by atoms with van der Waals surface area (Å²) in [5, 5.41) is 18.9. The van der Waals surface area contributed by atoms with Crippen molar-refractivity contribution in [3.05, 3.63) is 23.8 Å². The highest BCUT2D eigenvalue weighted by Gasteiger charge is 2.28. The molecule has 1 aliphatic heterocycles. The molecule has 0 bridgehead atoms. The molecule has 2 N–H and O–H groups in total. The predicted molar refractivity (Wildman–Crippen MR) is 82.5 cm³/mol. The predicted octanol–water partition coefficient (Wildman–Crippen LogP) is 3.39. The normalized spacial score (nSPS) is 20.1. The van der Waals surface area contributed by atoms with Gasteiger partial charge in [0, 0.05) is 18.7 Å². The number of carbonyl (C=O) groups excluding carboxylic acids is 1. The van der Waals surface area contributed by atoms with Crippen molar-refractivity contribution in [1.29, 1.82) is 0 Å². The van der Waals surface area contributed by atoms with E-state index in [0.717, 1.165) is 32.4 Å². The van der Waals surface area contributed by atoms with Crippen molar-refractivity contribution in [3.63, 3.8) is 0 Å². The third-order valence-corrected chi connectivity index (χ3v) is 4.46. The van der Waals surface area contributed by atoms with Crippen molar-refractivity contribution in [1.82, 2.24) is 4.90 Å². The molecule has 1 heterocycles. The van der Waals surface area contributed by atoms with Gasteiger partial charge in [0.25, 0.3) is 5.91 Å². The Balaban J connectivity index is 2.08. The molecule has 1 amide bonds. The minimum Gasteiger partial charge on any atom is -0.504 e. The van der Waals surface area contributed by atoms with Crippen molar-refractivity contribution < 1.29 is 15.0 Å². The Morgan fingerprint density at radius 3 is 2.48 bits per heavy atom. The SMILES string of the molecule is CC(C)(C)C1CCCN(C(=O)c2ccc(O)c(O)c2)CC1. The maximum absolute atomic E-state index is 12.5. The molecule has 1 aromatic rings. The van der Waals surface area contributed by atoms with Gasteiger partial charge in [-0.05, 0) is 48.8 Å². The Morgan fingerprint density at radius 1 is 1.14 bits per heavy atom. The lowest BCUT2D eigenvalue weighted by Crippen LogP contribution is -2.32. The Labute approximate surface area is 126 Å². The fourth-order valence-electron chi connectivity index (χ4n) is 3.00. The zero-order valence-electron chi connectivity index (χ0n) is 13.1. The molecule has 4 nitrogen and oxygen atoms in total. The third-order valence-electron chi connectivity index (χ3n) is 4.46. The number of nitrogens with zero attached hydrogens (tertiary/aromatic N) is 1. The van der Waals surface area contributed by atoms with Gasteiger partial charge in [0.15, 0.2) is 11.5 Å². The first kappa shape index (κ1) is 15.7. The summed E-state index contributed by atoms with van der Waals surface area (Å²) in [6, 6.07) is 4.26. The van der Waals surface area contributed by atoms with Gasteiger partial charge in [-0.1, -0.05) is 20.8 Å². The average Bonchev–Trinajstić information content (AvgIpc) is 2.66. The van der Waals surface area contributed by atoms with Gasteiger partial charge in [-0.25, -0.2) is 0 Å². The third kappa shape index (κ3) is 3.69. The zero-order chi connectivity index (χ0) is 15.6. The van der Waals surface area contributed by atoms with Crippen LogP contribution in [0.3, 0.4) is 0 Å². The topological polar surface area (TPSA) is 60.8 Å². The number of rotatable bonds is 1. The number of benzene rings is 1. The lowest BCUT2D eigenvalue weighted by molar-refractivity contribution is 0.0755. The van der Waals surface area contributed by atoms with E-state index in [1.165, 1.54) is 12.1 Å². The van der Waals surface area contributed by atoms with Crippen molar-refractivity contribution in [2.75, 3.05) is 13.1 Å². The van der Waals surface area contributed by atoms with Crippen molar-refractivity contribution in [2.24, 2.45) is 11.3 Å². The van der Waals surface area contributed by atoms with E-state index >= 15 is 0 Å². The summed E-state index contributed by atoms with van der Waals surface area (Å²) in [6.45, 7) is 8.28. The van der Waals surface area contributed by atoms with Crippen LogP contribution in [-0.2, 0) is 0 Å². The molecule has 1 saturated heterocycles. The maximum Gasteiger partial charge on any atom is 0.253 e. The minimum absolute atomic E-state index is 0.0696. The number of hydrogen-bond acceptors (Lipinski definition) is 3. The Kier molecular flexibility index (Phi) is 4.45. The summed E-state index contributed by atoms with van der Waals surface area (Å²) in [5.74, 6) is 0.113. The van der Waals surface area contributed by atoms with Gasteiger partial charge in [0.05, 0.1) is 0 Å². The van der Waals surface area contributed by atoms with E-state index in [-0.39, 0.29) is 22.8 Å². The second kappa shape index (κ2) is 5.96. The lowest BCUT2D eigenvalue weighted by atomic mass is 9.77. The number of carbonyl (C=O) groups is 1. The molecule has 21 heavy (non-hydrogen) atoms. The molecule has 4 heteroatoms. The Morgan fingerprint density at radius 2 is 1.86 bits per heavy atom. The molecule has 1 atom stereocenters. The molecule has 116 valence electrons. The maximum atomic E-state index is 12.5. The minimum atomic E-state index is -0.247. The van der Waals surface area contributed by atoms with Gasteiger partial charge in [-0.3, -0.25) is 4.79 Å². The fourth-order valence-corrected chi connectivity index (χ4v) is 3.00. The van der Waals surface area contributed by atoms with Crippen LogP contribution < -0.4 is 0 Å². The van der Waals surface area contributed by atoms with Crippen molar-refractivity contribution in [3.8, 4) is 11.5 Å². The van der Waals surface area contributed by atoms with E-state index in [9.17, 15) is 15.0 Å². The van der Waals surface area contributed by atoms with Crippen LogP contribution in [0.2, 0.25) is 0 Å². The quantitative estimate of drug-likeness (QED) is 0.780. The van der Waals surface area contributed by atoms with Crippen LogP contribution in [-0.4, -0.2) is 34.1 Å². The number of phenolic OH excluding ortho intramolecular Hbond substituents is 2. The van der Waals surface area contributed by atoms with Gasteiger partial charge in [0.2, 0.25) is 0 Å². The van der Waals surface area contributed by atoms with Crippen LogP contribution in [0.15, 0.2) is 18.2 Å². The molecule has 0 radical (unpaired) electrons. The summed E-state index contributed by atoms with van der Waals surface area (Å²) < 4.78 is 0. The average molecular weight is 291 g/mol. The summed E-state index contributed by atoms with van der Waals surface area (Å²) in [5.41, 5.74) is 0.704. The second-order valence-electron chi connectivity index (χ2n) is 6.99. The summed E-state index contributed by atoms with van der Waals surface area (Å²) in [4.78, 5) is 14.4. The standard InChI is InChI=1S/C17H25NO3/c1-17(2,3)13-5-4-9-18(10-8-13)16(21)12-6-7-14(19)15(20)11-12/h6-7,11,13,19-20H,4-5,8-10H2,1-3H3. The Hall–Kier alpha value is -1.71. The molecule has 0 aromatic heterocycles. The highest BCUT2D eigenvalue weighted by molar-refractivity contribution is 5.94. The number of phenols is 2. The molecule has 0 aliphatic carbocycles. The van der Waals surface area contributed by atoms with E-state index in [0.29, 0.717) is 11.5 Å². The molecular weight excluding hydrogens is 266 g/mol. The van der Waals surface area contributed by atoms with Crippen molar-refractivity contribution >= 4 is 5.91 Å². The number of amides is 1. The fraction of sp³-hybridized carbons (Fsp3) is 0.588. The van der Waals surface area contributed by atoms with Crippen LogP contribution in [0, 0.1) is 11.3 Å². The highest BCUT2D eigenvalue weighted by atomic mass is 16.3. The van der Waals surface area contributed by atoms with Gasteiger partial charge in [-0.2, -0.15) is 0 Å². The van der Waals surface area contributed by atoms with Gasteiger partial charge < -0.3 is 15.1 Å². The molecule has 1 unspecified atom stereocenters. The smallest absolute Gasteiger partial charge is 0.253 e. The summed E-state index contributed by atoms with van der Waals surface area (Å²) in [7, 11) is 0. The molecule has 1 aromatic carbocycles. The van der Waals surface area contributed by atoms with E-state index in [1.54, 1.807) is 6.07 Å². The lowest BCUT2D eigenvalue weighted by Gasteiger charge is -2.29. The largest absolute Gasteiger partial charge is 0.504 e. The highest BCUT2D eigenvalue weighted by Crippen LogP contribution is 2.34.